The predicted molar refractivity (Wildman–Crippen MR) is 64.2 cm³/mol. The number of hydrogen-bond donors (Lipinski definition) is 2. The number of ether oxygens (including phenoxy) is 1. The maximum Gasteiger partial charge on any atom is 0.313 e. The van der Waals surface area contributed by atoms with E-state index >= 15 is 0 Å². The third kappa shape index (κ3) is 6.99. The molecule has 2 N–H and O–H groups in total. The molecule has 0 aromatic carbocycles. The van der Waals surface area contributed by atoms with Gasteiger partial charge in [0.15, 0.2) is 5.75 Å². The smallest absolute Gasteiger partial charge is 0.313 e. The summed E-state index contributed by atoms with van der Waals surface area (Å²) in [4.78, 5) is 31.3. The van der Waals surface area contributed by atoms with Gasteiger partial charge in [-0.25, -0.2) is 0 Å². The normalized spacial score (nSPS) is 9.21. The van der Waals surface area contributed by atoms with Crippen molar-refractivity contribution in [2.45, 2.75) is 33.3 Å². The fraction of sp³-hybridized carbons (Fsp3) is 0.417. The molecule has 0 spiro atoms. The molecule has 7 nitrogen and oxygen atoms in total. The molecule has 1 aromatic heterocycles. The van der Waals surface area contributed by atoms with Crippen LogP contribution < -0.4 is 5.43 Å². The monoisotopic (exact) mass is 272 g/mol. The van der Waals surface area contributed by atoms with Gasteiger partial charge in [-0.1, -0.05) is 13.8 Å². The molecular formula is C12H16O7. The Morgan fingerprint density at radius 1 is 1.26 bits per heavy atom. The maximum absolute atomic E-state index is 10.6. The molecular weight excluding hydrogens is 256 g/mol. The molecule has 0 unspecified atom stereocenters. The summed E-state index contributed by atoms with van der Waals surface area (Å²) in [7, 11) is 0. The second-order valence-corrected chi connectivity index (χ2v) is 3.31. The lowest BCUT2D eigenvalue weighted by Crippen LogP contribution is -2.09. The number of hydrogen-bond acceptors (Lipinski definition) is 7. The van der Waals surface area contributed by atoms with Crippen LogP contribution in [0.2, 0.25) is 0 Å². The van der Waals surface area contributed by atoms with Crippen LogP contribution in [0.15, 0.2) is 21.5 Å². The van der Waals surface area contributed by atoms with Crippen LogP contribution in [0.1, 0.15) is 32.4 Å². The molecule has 0 bridgehead atoms. The molecule has 0 radical (unpaired) electrons. The van der Waals surface area contributed by atoms with Crippen molar-refractivity contribution < 1.29 is 29.0 Å². The lowest BCUT2D eigenvalue weighted by atomic mass is 10.4. The molecule has 19 heavy (non-hydrogen) atoms. The number of aliphatic hydroxyl groups is 1. The van der Waals surface area contributed by atoms with Gasteiger partial charge in [-0.2, -0.15) is 0 Å². The Kier molecular flexibility index (Phi) is 7.87. The molecule has 0 aliphatic rings. The second kappa shape index (κ2) is 8.87. The molecule has 106 valence electrons. The SMILES string of the molecule is CCC(=O)OC(=O)CC.O=c1cc(CO)occ1O. The molecule has 1 heterocycles. The first kappa shape index (κ1) is 16.9. The molecule has 7 heteroatoms. The number of aromatic hydroxyl groups is 1. The first-order valence-electron chi connectivity index (χ1n) is 5.59. The fourth-order valence-electron chi connectivity index (χ4n) is 0.798. The Bertz CT molecular complexity index is 461. The van der Waals surface area contributed by atoms with Crippen molar-refractivity contribution in [3.63, 3.8) is 0 Å². The molecule has 0 aliphatic carbocycles. The van der Waals surface area contributed by atoms with Crippen molar-refractivity contribution in [3.8, 4) is 5.75 Å². The molecule has 0 saturated heterocycles. The van der Waals surface area contributed by atoms with Crippen LogP contribution in [0.3, 0.4) is 0 Å². The van der Waals surface area contributed by atoms with Gasteiger partial charge in [0.2, 0.25) is 5.43 Å². The summed E-state index contributed by atoms with van der Waals surface area (Å²) in [5, 5.41) is 17.1. The van der Waals surface area contributed by atoms with Crippen LogP contribution in [0.4, 0.5) is 0 Å². The summed E-state index contributed by atoms with van der Waals surface area (Å²) in [6.45, 7) is 2.95. The largest absolute Gasteiger partial charge is 0.502 e. The van der Waals surface area contributed by atoms with Gasteiger partial charge in [-0.05, 0) is 0 Å². The Morgan fingerprint density at radius 2 is 1.79 bits per heavy atom. The summed E-state index contributed by atoms with van der Waals surface area (Å²) < 4.78 is 8.86. The third-order valence-electron chi connectivity index (χ3n) is 1.83. The standard InChI is InChI=1S/C6H6O4.C6H10O3/c7-2-4-1-5(8)6(9)3-10-4;1-3-5(7)9-6(8)4-2/h1,3,7,9H,2H2;3-4H2,1-2H3. The first-order valence-corrected chi connectivity index (χ1v) is 5.59. The van der Waals surface area contributed by atoms with Crippen LogP contribution in [-0.4, -0.2) is 22.2 Å². The van der Waals surface area contributed by atoms with Crippen molar-refractivity contribution in [2.75, 3.05) is 0 Å². The zero-order valence-electron chi connectivity index (χ0n) is 10.7. The van der Waals surface area contributed by atoms with E-state index in [1.807, 2.05) is 0 Å². The fourth-order valence-corrected chi connectivity index (χ4v) is 0.798. The molecule has 0 aliphatic heterocycles. The Morgan fingerprint density at radius 3 is 2.16 bits per heavy atom. The zero-order valence-corrected chi connectivity index (χ0v) is 10.7. The summed E-state index contributed by atoms with van der Waals surface area (Å²) >= 11 is 0. The number of rotatable bonds is 3. The van der Waals surface area contributed by atoms with Gasteiger partial charge in [0.25, 0.3) is 0 Å². The van der Waals surface area contributed by atoms with Crippen molar-refractivity contribution in [1.82, 2.24) is 0 Å². The average molecular weight is 272 g/mol. The molecule has 1 aromatic rings. The van der Waals surface area contributed by atoms with Crippen molar-refractivity contribution in [2.24, 2.45) is 0 Å². The van der Waals surface area contributed by atoms with E-state index < -0.39 is 23.1 Å². The average Bonchev–Trinajstić information content (AvgIpc) is 2.42. The molecule has 0 saturated carbocycles. The minimum Gasteiger partial charge on any atom is -0.502 e. The lowest BCUT2D eigenvalue weighted by Gasteiger charge is -1.95. The maximum atomic E-state index is 10.6. The van der Waals surface area contributed by atoms with Crippen LogP contribution in [0.5, 0.6) is 5.75 Å². The van der Waals surface area contributed by atoms with Crippen LogP contribution in [0.25, 0.3) is 0 Å². The van der Waals surface area contributed by atoms with Gasteiger partial charge < -0.3 is 19.4 Å². The first-order chi connectivity index (χ1) is 8.94. The van der Waals surface area contributed by atoms with Crippen molar-refractivity contribution >= 4 is 11.9 Å². The highest BCUT2D eigenvalue weighted by molar-refractivity contribution is 5.84. The number of carbonyl (C=O) groups is 2. The minimum atomic E-state index is -0.546. The predicted octanol–water partition coefficient (Wildman–Crippen LogP) is 0.714. The number of carbonyl (C=O) groups excluding carboxylic acids is 2. The number of aliphatic hydroxyl groups excluding tert-OH is 1. The van der Waals surface area contributed by atoms with E-state index in [-0.39, 0.29) is 25.2 Å². The highest BCUT2D eigenvalue weighted by Gasteiger charge is 2.03. The topological polar surface area (TPSA) is 114 Å². The summed E-state index contributed by atoms with van der Waals surface area (Å²) in [6, 6.07) is 1.04. The van der Waals surface area contributed by atoms with Crippen LogP contribution in [-0.2, 0) is 20.9 Å². The van der Waals surface area contributed by atoms with Crippen LogP contribution >= 0.6 is 0 Å². The molecule has 0 amide bonds. The Balaban J connectivity index is 0.000000344. The lowest BCUT2D eigenvalue weighted by molar-refractivity contribution is -0.159. The van der Waals surface area contributed by atoms with E-state index in [1.54, 1.807) is 13.8 Å². The highest BCUT2D eigenvalue weighted by Crippen LogP contribution is 2.01. The molecule has 1 rings (SSSR count). The van der Waals surface area contributed by atoms with Gasteiger partial charge in [0.1, 0.15) is 18.6 Å². The summed E-state index contributed by atoms with van der Waals surface area (Å²) in [6.07, 6.45) is 1.41. The zero-order chi connectivity index (χ0) is 14.8. The van der Waals surface area contributed by atoms with E-state index in [0.717, 1.165) is 12.3 Å². The summed E-state index contributed by atoms with van der Waals surface area (Å²) in [5.41, 5.74) is -0.546. The van der Waals surface area contributed by atoms with Gasteiger partial charge >= 0.3 is 11.9 Å². The minimum absolute atomic E-state index is 0.141. The van der Waals surface area contributed by atoms with E-state index in [9.17, 15) is 14.4 Å². The van der Waals surface area contributed by atoms with Gasteiger partial charge in [-0.15, -0.1) is 0 Å². The van der Waals surface area contributed by atoms with Gasteiger partial charge in [0.05, 0.1) is 0 Å². The molecule has 0 fully saturated rings. The second-order valence-electron chi connectivity index (χ2n) is 3.31. The third-order valence-corrected chi connectivity index (χ3v) is 1.83. The van der Waals surface area contributed by atoms with E-state index in [2.05, 4.69) is 9.15 Å². The Hall–Kier alpha value is -2.15. The van der Waals surface area contributed by atoms with E-state index in [1.165, 1.54) is 0 Å². The Labute approximate surface area is 109 Å². The van der Waals surface area contributed by atoms with Gasteiger partial charge in [-0.3, -0.25) is 14.4 Å². The summed E-state index contributed by atoms with van der Waals surface area (Å²) in [5.74, 6) is -1.22. The van der Waals surface area contributed by atoms with Gasteiger partial charge in [0, 0.05) is 18.9 Å². The van der Waals surface area contributed by atoms with Crippen molar-refractivity contribution in [3.05, 3.63) is 28.3 Å². The number of esters is 2. The highest BCUT2D eigenvalue weighted by atomic mass is 16.6. The van der Waals surface area contributed by atoms with Crippen molar-refractivity contribution in [1.29, 1.82) is 0 Å². The van der Waals surface area contributed by atoms with E-state index in [0.29, 0.717) is 0 Å². The van der Waals surface area contributed by atoms with Crippen LogP contribution in [0, 0.1) is 0 Å². The molecule has 0 atom stereocenters. The van der Waals surface area contributed by atoms with E-state index in [4.69, 9.17) is 10.2 Å². The quantitative estimate of drug-likeness (QED) is 0.615.